The molecule has 0 aliphatic carbocycles. The Morgan fingerprint density at radius 2 is 1.94 bits per heavy atom. The van der Waals surface area contributed by atoms with Crippen LogP contribution in [-0.4, -0.2) is 84.5 Å². The topological polar surface area (TPSA) is 83.0 Å². The van der Waals surface area contributed by atoms with Crippen molar-refractivity contribution in [2.24, 2.45) is 0 Å². The molecule has 10 heteroatoms. The van der Waals surface area contributed by atoms with Crippen LogP contribution in [0.3, 0.4) is 0 Å². The second-order valence-electron chi connectivity index (χ2n) is 8.06. The minimum absolute atomic E-state index is 0.133. The number of nitrogens with one attached hydrogen (secondary N) is 1. The molecule has 0 saturated carbocycles. The Morgan fingerprint density at radius 3 is 2.67 bits per heavy atom. The van der Waals surface area contributed by atoms with Crippen LogP contribution in [0.5, 0.6) is 11.5 Å². The quantitative estimate of drug-likeness (QED) is 0.469. The Balaban J connectivity index is 1.49. The monoisotopic (exact) mass is 519 g/mol. The van der Waals surface area contributed by atoms with Crippen molar-refractivity contribution in [2.45, 2.75) is 6.10 Å². The molecule has 33 heavy (non-hydrogen) atoms. The van der Waals surface area contributed by atoms with Gasteiger partial charge in [-0.15, -0.1) is 0 Å². The van der Waals surface area contributed by atoms with Crippen LogP contribution in [-0.2, 0) is 0 Å². The van der Waals surface area contributed by atoms with Gasteiger partial charge in [-0.1, -0.05) is 15.9 Å². The van der Waals surface area contributed by atoms with Gasteiger partial charge in [0.25, 0.3) is 0 Å². The summed E-state index contributed by atoms with van der Waals surface area (Å²) in [5, 5.41) is 14.1. The molecule has 1 saturated heterocycles. The highest BCUT2D eigenvalue weighted by atomic mass is 79.9. The number of benzene rings is 2. The number of β-amino-alcohol motifs (C(OH)–C–C–N with tert-alkyl or cyclic N) is 1. The smallest absolute Gasteiger partial charge is 0.163 e. The number of aliphatic hydroxyl groups excluding tert-OH is 1. The van der Waals surface area contributed by atoms with Crippen molar-refractivity contribution in [3.8, 4) is 11.5 Å². The Labute approximate surface area is 200 Å². The summed E-state index contributed by atoms with van der Waals surface area (Å²) in [6, 6.07) is 8.24. The minimum atomic E-state index is -0.628. The molecule has 2 aromatic carbocycles. The number of halogens is 2. The first kappa shape index (κ1) is 23.6. The molecule has 1 fully saturated rings. The average molecular weight is 520 g/mol. The molecule has 0 spiro atoms. The van der Waals surface area contributed by atoms with Crippen LogP contribution in [0.1, 0.15) is 0 Å². The molecule has 1 atom stereocenters. The zero-order valence-corrected chi connectivity index (χ0v) is 20.2. The fourth-order valence-corrected chi connectivity index (χ4v) is 4.05. The molecule has 2 N–H and O–H groups in total. The fourth-order valence-electron chi connectivity index (χ4n) is 3.72. The summed E-state index contributed by atoms with van der Waals surface area (Å²) in [7, 11) is 3.64. The van der Waals surface area contributed by atoms with Crippen molar-refractivity contribution >= 4 is 38.3 Å². The van der Waals surface area contributed by atoms with Crippen molar-refractivity contribution in [1.82, 2.24) is 19.8 Å². The second-order valence-corrected chi connectivity index (χ2v) is 8.98. The maximum atomic E-state index is 14.3. The summed E-state index contributed by atoms with van der Waals surface area (Å²) in [4.78, 5) is 13.1. The molecular weight excluding hydrogens is 493 g/mol. The van der Waals surface area contributed by atoms with Gasteiger partial charge in [0.15, 0.2) is 11.5 Å². The average Bonchev–Trinajstić information content (AvgIpc) is 2.80. The summed E-state index contributed by atoms with van der Waals surface area (Å²) in [5.41, 5.74) is 0.902. The van der Waals surface area contributed by atoms with Crippen molar-refractivity contribution in [3.63, 3.8) is 0 Å². The first-order valence-electron chi connectivity index (χ1n) is 10.7. The molecule has 0 unspecified atom stereocenters. The summed E-state index contributed by atoms with van der Waals surface area (Å²) < 4.78 is 26.3. The molecule has 2 heterocycles. The standard InChI is InChI=1S/C23H27BrFN5O3/c1-29-5-7-30(8-6-29)12-16(31)13-33-22-11-20-17(10-21(22)32-2)23(27-14-26-20)28-19-4-3-15(24)9-18(19)25/h3-4,9-11,14,16,31H,5-8,12-13H2,1-2H3,(H,26,27,28)/t16-/m1/s1. The third-order valence-electron chi connectivity index (χ3n) is 5.60. The fraction of sp³-hybridized carbons (Fsp3) is 0.391. The Morgan fingerprint density at radius 1 is 1.15 bits per heavy atom. The minimum Gasteiger partial charge on any atom is -0.493 e. The Bertz CT molecular complexity index is 1110. The third-order valence-corrected chi connectivity index (χ3v) is 6.09. The van der Waals surface area contributed by atoms with Gasteiger partial charge in [-0.25, -0.2) is 14.4 Å². The number of fused-ring (bicyclic) bond motifs is 1. The molecule has 0 bridgehead atoms. The normalized spacial score (nSPS) is 16.0. The SMILES string of the molecule is COc1cc2c(Nc3ccc(Br)cc3F)ncnc2cc1OC[C@H](O)CN1CCN(C)CC1. The number of aliphatic hydroxyl groups is 1. The van der Waals surface area contributed by atoms with Gasteiger partial charge < -0.3 is 24.8 Å². The summed E-state index contributed by atoms with van der Waals surface area (Å²) >= 11 is 3.26. The van der Waals surface area contributed by atoms with E-state index in [2.05, 4.69) is 48.1 Å². The number of ether oxygens (including phenoxy) is 2. The number of hydrogen-bond acceptors (Lipinski definition) is 8. The van der Waals surface area contributed by atoms with Gasteiger partial charge in [0.05, 0.1) is 18.3 Å². The maximum absolute atomic E-state index is 14.3. The first-order valence-corrected chi connectivity index (χ1v) is 11.5. The first-order chi connectivity index (χ1) is 15.9. The lowest BCUT2D eigenvalue weighted by atomic mass is 10.2. The summed E-state index contributed by atoms with van der Waals surface area (Å²) in [5.74, 6) is 0.990. The van der Waals surface area contributed by atoms with Crippen LogP contribution in [0.15, 0.2) is 41.1 Å². The molecule has 1 aliphatic rings. The van der Waals surface area contributed by atoms with Crippen molar-refractivity contribution in [3.05, 3.63) is 46.9 Å². The number of anilines is 2. The van der Waals surface area contributed by atoms with E-state index in [9.17, 15) is 9.50 Å². The lowest BCUT2D eigenvalue weighted by Gasteiger charge is -2.33. The Hall–Kier alpha value is -2.53. The maximum Gasteiger partial charge on any atom is 0.163 e. The predicted octanol–water partition coefficient (Wildman–Crippen LogP) is 3.27. The zero-order valence-electron chi connectivity index (χ0n) is 18.6. The van der Waals surface area contributed by atoms with Crippen LogP contribution in [0, 0.1) is 5.82 Å². The van der Waals surface area contributed by atoms with Crippen LogP contribution in [0.25, 0.3) is 10.9 Å². The molecule has 0 radical (unpaired) electrons. The van der Waals surface area contributed by atoms with Gasteiger partial charge >= 0.3 is 0 Å². The molecule has 1 aliphatic heterocycles. The van der Waals surface area contributed by atoms with E-state index >= 15 is 0 Å². The van der Waals surface area contributed by atoms with Gasteiger partial charge in [0.1, 0.15) is 30.7 Å². The number of aromatic nitrogens is 2. The molecule has 1 aromatic heterocycles. The second kappa shape index (κ2) is 10.6. The number of likely N-dealkylation sites (N-methyl/N-ethyl adjacent to an activating group) is 1. The lowest BCUT2D eigenvalue weighted by molar-refractivity contribution is 0.0498. The van der Waals surface area contributed by atoms with Crippen LogP contribution < -0.4 is 14.8 Å². The summed E-state index contributed by atoms with van der Waals surface area (Å²) in [6.07, 6.45) is 0.775. The van der Waals surface area contributed by atoms with Crippen molar-refractivity contribution in [2.75, 3.05) is 58.8 Å². The number of hydrogen-bond donors (Lipinski definition) is 2. The van der Waals surface area contributed by atoms with Crippen LogP contribution in [0.2, 0.25) is 0 Å². The highest BCUT2D eigenvalue weighted by molar-refractivity contribution is 9.10. The van der Waals surface area contributed by atoms with E-state index in [1.807, 2.05) is 0 Å². The van der Waals surface area contributed by atoms with Gasteiger partial charge in [-0.2, -0.15) is 0 Å². The number of rotatable bonds is 8. The molecule has 8 nitrogen and oxygen atoms in total. The van der Waals surface area contributed by atoms with E-state index in [0.717, 1.165) is 26.2 Å². The zero-order chi connectivity index (χ0) is 23.4. The summed E-state index contributed by atoms with van der Waals surface area (Å²) in [6.45, 7) is 4.53. The lowest BCUT2D eigenvalue weighted by Crippen LogP contribution is -2.47. The molecule has 4 rings (SSSR count). The predicted molar refractivity (Wildman–Crippen MR) is 129 cm³/mol. The number of methoxy groups -OCH3 is 1. The van der Waals surface area contributed by atoms with E-state index < -0.39 is 11.9 Å². The van der Waals surface area contributed by atoms with E-state index in [0.29, 0.717) is 44.9 Å². The highest BCUT2D eigenvalue weighted by Crippen LogP contribution is 2.35. The highest BCUT2D eigenvalue weighted by Gasteiger charge is 2.19. The van der Waals surface area contributed by atoms with E-state index in [4.69, 9.17) is 9.47 Å². The molecule has 176 valence electrons. The molecule has 3 aromatic rings. The molecule has 0 amide bonds. The number of nitrogens with zero attached hydrogens (tertiary/aromatic N) is 4. The van der Waals surface area contributed by atoms with E-state index in [-0.39, 0.29) is 6.61 Å². The Kier molecular flexibility index (Phi) is 7.59. The van der Waals surface area contributed by atoms with Crippen molar-refractivity contribution in [1.29, 1.82) is 0 Å². The largest absolute Gasteiger partial charge is 0.493 e. The van der Waals surface area contributed by atoms with Crippen LogP contribution in [0.4, 0.5) is 15.9 Å². The number of piperazine rings is 1. The van der Waals surface area contributed by atoms with Gasteiger partial charge in [-0.3, -0.25) is 4.90 Å². The van der Waals surface area contributed by atoms with Crippen molar-refractivity contribution < 1.29 is 19.0 Å². The van der Waals surface area contributed by atoms with E-state index in [1.54, 1.807) is 31.4 Å². The van der Waals surface area contributed by atoms with Gasteiger partial charge in [0.2, 0.25) is 0 Å². The van der Waals surface area contributed by atoms with Crippen LogP contribution >= 0.6 is 15.9 Å². The van der Waals surface area contributed by atoms with Gasteiger partial charge in [-0.05, 0) is 31.3 Å². The van der Waals surface area contributed by atoms with E-state index in [1.165, 1.54) is 12.4 Å². The van der Waals surface area contributed by atoms with Gasteiger partial charge in [0, 0.05) is 48.6 Å². The molecular formula is C23H27BrFN5O3. The third kappa shape index (κ3) is 5.89.